The summed E-state index contributed by atoms with van der Waals surface area (Å²) in [6, 6.07) is 10.5. The number of Topliss-reactive ketones (excluding diaryl/α,β-unsaturated/α-hetero) is 1. The van der Waals surface area contributed by atoms with Crippen LogP contribution in [0.2, 0.25) is 0 Å². The molecule has 0 radical (unpaired) electrons. The summed E-state index contributed by atoms with van der Waals surface area (Å²) in [5, 5.41) is 11.6. The summed E-state index contributed by atoms with van der Waals surface area (Å²) >= 11 is 0.934. The Kier molecular flexibility index (Phi) is 10.2. The van der Waals surface area contributed by atoms with Crippen molar-refractivity contribution in [2.24, 2.45) is 0 Å². The molecule has 1 saturated heterocycles. The van der Waals surface area contributed by atoms with Gasteiger partial charge < -0.3 is 24.1 Å². The van der Waals surface area contributed by atoms with Crippen LogP contribution in [-0.4, -0.2) is 54.7 Å². The second kappa shape index (κ2) is 14.0. The van der Waals surface area contributed by atoms with Crippen molar-refractivity contribution < 1.29 is 38.4 Å². The van der Waals surface area contributed by atoms with Crippen molar-refractivity contribution in [2.45, 2.75) is 39.7 Å². The summed E-state index contributed by atoms with van der Waals surface area (Å²) in [6.45, 7) is 10.00. The number of unbranched alkanes of at least 4 members (excludes halogenated alkanes) is 1. The van der Waals surface area contributed by atoms with Crippen LogP contribution >= 0.6 is 11.3 Å². The predicted molar refractivity (Wildman–Crippen MR) is 163 cm³/mol. The lowest BCUT2D eigenvalue weighted by Crippen LogP contribution is -2.29. The number of anilines is 1. The molecule has 1 fully saturated rings. The molecule has 0 bridgehead atoms. The molecule has 1 aliphatic heterocycles. The smallest absolute Gasteiger partial charge is 0.350 e. The van der Waals surface area contributed by atoms with Gasteiger partial charge in [-0.25, -0.2) is 9.78 Å². The third kappa shape index (κ3) is 6.56. The number of aromatic nitrogens is 1. The number of ketones is 1. The van der Waals surface area contributed by atoms with Gasteiger partial charge in [-0.1, -0.05) is 43.4 Å². The molecule has 1 amide bonds. The molecule has 11 heteroatoms. The largest absolute Gasteiger partial charge is 0.507 e. The van der Waals surface area contributed by atoms with Gasteiger partial charge in [-0.15, -0.1) is 0 Å². The lowest BCUT2D eigenvalue weighted by Gasteiger charge is -2.24. The van der Waals surface area contributed by atoms with Crippen molar-refractivity contribution in [1.29, 1.82) is 0 Å². The third-order valence-corrected chi connectivity index (χ3v) is 7.79. The third-order valence-electron chi connectivity index (χ3n) is 6.65. The Labute approximate surface area is 254 Å². The fraction of sp³-hybridized carbons (Fsp3) is 0.312. The van der Waals surface area contributed by atoms with Crippen LogP contribution in [0.5, 0.6) is 17.2 Å². The standard InChI is InChI=1S/C32H34N2O8S/c1-6-9-17-41-22-13-10-20(11-14-22)27(35)25-26(21-12-15-23(42-16-7-2)24(18-21)39-5)34(30(37)28(25)36)32-33-19(4)29(43-32)31(38)40-8-3/h7,10-15,18,26,35H,2,6,8-9,16-17H2,1,3-5H3. The van der Waals surface area contributed by atoms with Crippen molar-refractivity contribution in [3.05, 3.63) is 82.4 Å². The molecule has 4 rings (SSSR count). The molecule has 3 aromatic rings. The summed E-state index contributed by atoms with van der Waals surface area (Å²) in [5.74, 6) is -1.35. The second-order valence-electron chi connectivity index (χ2n) is 9.54. The van der Waals surface area contributed by atoms with E-state index in [4.69, 9.17) is 18.9 Å². The molecule has 1 aromatic heterocycles. The van der Waals surface area contributed by atoms with Crippen molar-refractivity contribution in [1.82, 2.24) is 4.98 Å². The second-order valence-corrected chi connectivity index (χ2v) is 10.5. The highest BCUT2D eigenvalue weighted by Gasteiger charge is 2.48. The molecule has 1 unspecified atom stereocenters. The van der Waals surface area contributed by atoms with Crippen molar-refractivity contribution >= 4 is 39.9 Å². The summed E-state index contributed by atoms with van der Waals surface area (Å²) in [4.78, 5) is 45.6. The normalized spacial score (nSPS) is 15.8. The van der Waals surface area contributed by atoms with Crippen LogP contribution in [0, 0.1) is 6.92 Å². The minimum atomic E-state index is -1.09. The first-order chi connectivity index (χ1) is 20.7. The first-order valence-corrected chi connectivity index (χ1v) is 14.7. The van der Waals surface area contributed by atoms with E-state index in [2.05, 4.69) is 18.5 Å². The molecule has 1 N–H and O–H groups in total. The number of carbonyl (C=O) groups is 3. The number of carbonyl (C=O) groups excluding carboxylic acids is 3. The number of aliphatic hydroxyl groups excluding tert-OH is 1. The lowest BCUT2D eigenvalue weighted by atomic mass is 9.95. The maximum atomic E-state index is 13.6. The molecule has 2 aromatic carbocycles. The van der Waals surface area contributed by atoms with Gasteiger partial charge in [0.2, 0.25) is 0 Å². The van der Waals surface area contributed by atoms with E-state index in [1.165, 1.54) is 12.0 Å². The van der Waals surface area contributed by atoms with Crippen molar-refractivity contribution in [3.8, 4) is 17.2 Å². The van der Waals surface area contributed by atoms with Gasteiger partial charge in [0.25, 0.3) is 5.78 Å². The van der Waals surface area contributed by atoms with E-state index in [-0.39, 0.29) is 34.6 Å². The zero-order valence-corrected chi connectivity index (χ0v) is 25.4. The number of benzene rings is 2. The Morgan fingerprint density at radius 1 is 1.12 bits per heavy atom. The predicted octanol–water partition coefficient (Wildman–Crippen LogP) is 6.01. The van der Waals surface area contributed by atoms with E-state index in [0.29, 0.717) is 40.7 Å². The van der Waals surface area contributed by atoms with Gasteiger partial charge in [0.15, 0.2) is 16.6 Å². The summed E-state index contributed by atoms with van der Waals surface area (Å²) in [5.41, 5.74) is 0.986. The maximum absolute atomic E-state index is 13.6. The van der Waals surface area contributed by atoms with Crippen LogP contribution in [0.25, 0.3) is 5.76 Å². The summed E-state index contributed by atoms with van der Waals surface area (Å²) in [7, 11) is 1.47. The molecule has 0 spiro atoms. The van der Waals surface area contributed by atoms with E-state index in [0.717, 1.165) is 24.2 Å². The van der Waals surface area contributed by atoms with E-state index in [9.17, 15) is 19.5 Å². The van der Waals surface area contributed by atoms with Crippen LogP contribution in [0.3, 0.4) is 0 Å². The highest BCUT2D eigenvalue weighted by Crippen LogP contribution is 2.45. The molecule has 43 heavy (non-hydrogen) atoms. The van der Waals surface area contributed by atoms with Gasteiger partial charge in [0.1, 0.15) is 23.0 Å². The number of hydrogen-bond donors (Lipinski definition) is 1. The van der Waals surface area contributed by atoms with Gasteiger partial charge >= 0.3 is 11.9 Å². The number of hydrogen-bond acceptors (Lipinski definition) is 10. The number of thiazole rings is 1. The Morgan fingerprint density at radius 2 is 1.86 bits per heavy atom. The monoisotopic (exact) mass is 606 g/mol. The van der Waals surface area contributed by atoms with Gasteiger partial charge in [-0.05, 0) is 62.2 Å². The quantitative estimate of drug-likeness (QED) is 0.0622. The molecular weight excluding hydrogens is 572 g/mol. The van der Waals surface area contributed by atoms with E-state index in [1.54, 1.807) is 62.4 Å². The topological polar surface area (TPSA) is 124 Å². The SMILES string of the molecule is C=CCOc1ccc(C2C(=C(O)c3ccc(OCCCC)cc3)C(=O)C(=O)N2c2nc(C)c(C(=O)OCC)s2)cc1OC. The van der Waals surface area contributed by atoms with Gasteiger partial charge in [-0.3, -0.25) is 14.5 Å². The molecule has 1 aliphatic rings. The van der Waals surface area contributed by atoms with E-state index in [1.807, 2.05) is 0 Å². The minimum absolute atomic E-state index is 0.109. The summed E-state index contributed by atoms with van der Waals surface area (Å²) in [6.07, 6.45) is 3.49. The summed E-state index contributed by atoms with van der Waals surface area (Å²) < 4.78 is 22.1. The average molecular weight is 607 g/mol. The fourth-order valence-electron chi connectivity index (χ4n) is 4.54. The van der Waals surface area contributed by atoms with Gasteiger partial charge in [0.05, 0.1) is 37.6 Å². The molecule has 10 nitrogen and oxygen atoms in total. The number of methoxy groups -OCH3 is 1. The Balaban J connectivity index is 1.86. The van der Waals surface area contributed by atoms with E-state index >= 15 is 0 Å². The Hall–Kier alpha value is -4.64. The number of rotatable bonds is 13. The molecule has 226 valence electrons. The highest BCUT2D eigenvalue weighted by molar-refractivity contribution is 7.17. The number of aryl methyl sites for hydroxylation is 1. The molecule has 0 aliphatic carbocycles. The number of esters is 1. The van der Waals surface area contributed by atoms with Gasteiger partial charge in [-0.2, -0.15) is 0 Å². The fourth-order valence-corrected chi connectivity index (χ4v) is 5.52. The zero-order chi connectivity index (χ0) is 31.1. The number of nitrogens with zero attached hydrogens (tertiary/aromatic N) is 2. The van der Waals surface area contributed by atoms with Crippen LogP contribution in [0.1, 0.15) is 59.2 Å². The van der Waals surface area contributed by atoms with Crippen LogP contribution in [0.15, 0.2) is 60.7 Å². The molecule has 0 saturated carbocycles. The Morgan fingerprint density at radius 3 is 2.51 bits per heavy atom. The zero-order valence-electron chi connectivity index (χ0n) is 24.5. The Bertz CT molecular complexity index is 1540. The van der Waals surface area contributed by atoms with Crippen LogP contribution in [-0.2, 0) is 14.3 Å². The number of ether oxygens (including phenoxy) is 4. The first kappa shape index (κ1) is 31.3. The van der Waals surface area contributed by atoms with Crippen LogP contribution < -0.4 is 19.1 Å². The van der Waals surface area contributed by atoms with Crippen molar-refractivity contribution in [3.63, 3.8) is 0 Å². The van der Waals surface area contributed by atoms with Crippen molar-refractivity contribution in [2.75, 3.05) is 31.8 Å². The van der Waals surface area contributed by atoms with Crippen LogP contribution in [0.4, 0.5) is 5.13 Å². The first-order valence-electron chi connectivity index (χ1n) is 13.9. The molecule has 2 heterocycles. The number of aliphatic hydroxyl groups is 1. The molecule has 1 atom stereocenters. The molecular formula is C32H34N2O8S. The highest BCUT2D eigenvalue weighted by atomic mass is 32.1. The van der Waals surface area contributed by atoms with Gasteiger partial charge in [0, 0.05) is 5.56 Å². The average Bonchev–Trinajstić information content (AvgIpc) is 3.52. The van der Waals surface area contributed by atoms with E-state index < -0.39 is 23.7 Å². The maximum Gasteiger partial charge on any atom is 0.350 e. The number of amides is 1. The minimum Gasteiger partial charge on any atom is -0.507 e. The lowest BCUT2D eigenvalue weighted by molar-refractivity contribution is -0.132.